The van der Waals surface area contributed by atoms with Crippen molar-refractivity contribution in [3.05, 3.63) is 0 Å². The van der Waals surface area contributed by atoms with Gasteiger partial charge >= 0.3 is 0 Å². The molecule has 0 amide bonds. The largest absolute Gasteiger partial charge is 0.377 e. The maximum absolute atomic E-state index is 6.07. The molecule has 1 heterocycles. The molecule has 0 aromatic heterocycles. The molecule has 0 aromatic rings. The number of hydrogen-bond acceptors (Lipinski definition) is 3. The van der Waals surface area contributed by atoms with Crippen molar-refractivity contribution in [1.29, 1.82) is 0 Å². The highest BCUT2D eigenvalue weighted by molar-refractivity contribution is 4.84. The van der Waals surface area contributed by atoms with Crippen molar-refractivity contribution >= 4 is 0 Å². The molecule has 2 rings (SSSR count). The third kappa shape index (κ3) is 3.44. The molecule has 2 fully saturated rings. The molecule has 0 bridgehead atoms. The van der Waals surface area contributed by atoms with Crippen LogP contribution in [0, 0.1) is 5.92 Å². The standard InChI is InChI=1S/C13H26N2O/c1-10-4-6-11(7-5-10)16-9-13-12(14)3-2-8-15-13/h10-13,15H,2-9,14H2,1H3/t10?,11?,12-,13-/m0/s1. The first-order chi connectivity index (χ1) is 7.75. The number of nitrogens with one attached hydrogen (secondary N) is 1. The predicted molar refractivity (Wildman–Crippen MR) is 66.4 cm³/mol. The van der Waals surface area contributed by atoms with Crippen molar-refractivity contribution in [3.63, 3.8) is 0 Å². The Bertz CT molecular complexity index is 202. The molecule has 0 radical (unpaired) electrons. The Labute approximate surface area is 99.1 Å². The highest BCUT2D eigenvalue weighted by Gasteiger charge is 2.24. The fraction of sp³-hybridized carbons (Fsp3) is 1.00. The van der Waals surface area contributed by atoms with Gasteiger partial charge in [-0.05, 0) is 51.0 Å². The Morgan fingerprint density at radius 2 is 1.94 bits per heavy atom. The van der Waals surface area contributed by atoms with Gasteiger partial charge in [0.05, 0.1) is 12.7 Å². The molecule has 2 atom stereocenters. The summed E-state index contributed by atoms with van der Waals surface area (Å²) in [4.78, 5) is 0. The van der Waals surface area contributed by atoms with Gasteiger partial charge in [-0.25, -0.2) is 0 Å². The topological polar surface area (TPSA) is 47.3 Å². The van der Waals surface area contributed by atoms with E-state index in [-0.39, 0.29) is 6.04 Å². The Hall–Kier alpha value is -0.120. The molecule has 1 saturated carbocycles. The summed E-state index contributed by atoms with van der Waals surface area (Å²) in [7, 11) is 0. The number of ether oxygens (including phenoxy) is 1. The van der Waals surface area contributed by atoms with E-state index in [0.29, 0.717) is 12.1 Å². The molecule has 0 aromatic carbocycles. The van der Waals surface area contributed by atoms with Gasteiger partial charge in [0.2, 0.25) is 0 Å². The van der Waals surface area contributed by atoms with Gasteiger partial charge in [-0.2, -0.15) is 0 Å². The number of piperidine rings is 1. The Morgan fingerprint density at radius 1 is 1.19 bits per heavy atom. The van der Waals surface area contributed by atoms with Gasteiger partial charge in [-0.15, -0.1) is 0 Å². The van der Waals surface area contributed by atoms with Crippen LogP contribution in [0.5, 0.6) is 0 Å². The maximum atomic E-state index is 6.07. The smallest absolute Gasteiger partial charge is 0.0638 e. The summed E-state index contributed by atoms with van der Waals surface area (Å²) in [6.07, 6.45) is 7.98. The van der Waals surface area contributed by atoms with Crippen LogP contribution >= 0.6 is 0 Å². The molecule has 0 spiro atoms. The first-order valence-electron chi connectivity index (χ1n) is 6.86. The van der Waals surface area contributed by atoms with E-state index in [2.05, 4.69) is 12.2 Å². The Kier molecular flexibility index (Phi) is 4.62. The average Bonchev–Trinajstić information content (AvgIpc) is 2.30. The lowest BCUT2D eigenvalue weighted by Crippen LogP contribution is -2.52. The SMILES string of the molecule is CC1CCC(OC[C@@H]2NCCC[C@@H]2N)CC1. The number of hydrogen-bond donors (Lipinski definition) is 2. The Morgan fingerprint density at radius 3 is 2.62 bits per heavy atom. The van der Waals surface area contributed by atoms with Crippen LogP contribution in [0.15, 0.2) is 0 Å². The minimum Gasteiger partial charge on any atom is -0.377 e. The van der Waals surface area contributed by atoms with E-state index in [9.17, 15) is 0 Å². The van der Waals surface area contributed by atoms with E-state index in [4.69, 9.17) is 10.5 Å². The summed E-state index contributed by atoms with van der Waals surface area (Å²) in [5.41, 5.74) is 6.07. The molecule has 16 heavy (non-hydrogen) atoms. The zero-order valence-electron chi connectivity index (χ0n) is 10.5. The molecular formula is C13H26N2O. The normalized spacial score (nSPS) is 40.9. The second kappa shape index (κ2) is 5.99. The molecule has 0 unspecified atom stereocenters. The van der Waals surface area contributed by atoms with Crippen LogP contribution in [0.2, 0.25) is 0 Å². The lowest BCUT2D eigenvalue weighted by molar-refractivity contribution is 0.00221. The van der Waals surface area contributed by atoms with E-state index in [1.54, 1.807) is 0 Å². The molecule has 1 saturated heterocycles. The summed E-state index contributed by atoms with van der Waals surface area (Å²) < 4.78 is 6.00. The molecule has 94 valence electrons. The summed E-state index contributed by atoms with van der Waals surface area (Å²) in [6, 6.07) is 0.671. The molecule has 1 aliphatic carbocycles. The van der Waals surface area contributed by atoms with Crippen LogP contribution in [0.3, 0.4) is 0 Å². The summed E-state index contributed by atoms with van der Waals surface area (Å²) in [5.74, 6) is 0.898. The quantitative estimate of drug-likeness (QED) is 0.769. The predicted octanol–water partition coefficient (Wildman–Crippen LogP) is 1.66. The van der Waals surface area contributed by atoms with Gasteiger partial charge in [0.15, 0.2) is 0 Å². The highest BCUT2D eigenvalue weighted by Crippen LogP contribution is 2.25. The van der Waals surface area contributed by atoms with Crippen molar-refractivity contribution in [2.45, 2.75) is 63.6 Å². The van der Waals surface area contributed by atoms with Gasteiger partial charge < -0.3 is 15.8 Å². The average molecular weight is 226 g/mol. The molecule has 2 aliphatic rings. The van der Waals surface area contributed by atoms with Gasteiger partial charge in [0.25, 0.3) is 0 Å². The minimum absolute atomic E-state index is 0.288. The van der Waals surface area contributed by atoms with Crippen molar-refractivity contribution in [2.24, 2.45) is 11.7 Å². The minimum atomic E-state index is 0.288. The van der Waals surface area contributed by atoms with Crippen LogP contribution in [-0.4, -0.2) is 31.3 Å². The van der Waals surface area contributed by atoms with Gasteiger partial charge in [0, 0.05) is 12.1 Å². The van der Waals surface area contributed by atoms with Gasteiger partial charge in [-0.1, -0.05) is 6.92 Å². The van der Waals surface area contributed by atoms with Gasteiger partial charge in [0.1, 0.15) is 0 Å². The van der Waals surface area contributed by atoms with Crippen LogP contribution in [0.1, 0.15) is 45.4 Å². The Balaban J connectivity index is 1.66. The van der Waals surface area contributed by atoms with E-state index in [1.165, 1.54) is 32.1 Å². The van der Waals surface area contributed by atoms with Crippen LogP contribution in [0.4, 0.5) is 0 Å². The van der Waals surface area contributed by atoms with Crippen LogP contribution in [0.25, 0.3) is 0 Å². The monoisotopic (exact) mass is 226 g/mol. The van der Waals surface area contributed by atoms with Crippen LogP contribution in [-0.2, 0) is 4.74 Å². The number of nitrogens with two attached hydrogens (primary N) is 1. The second-order valence-corrected chi connectivity index (χ2v) is 5.58. The van der Waals surface area contributed by atoms with Crippen molar-refractivity contribution in [1.82, 2.24) is 5.32 Å². The number of rotatable bonds is 3. The molecular weight excluding hydrogens is 200 g/mol. The summed E-state index contributed by atoms with van der Waals surface area (Å²) in [5, 5.41) is 3.47. The zero-order valence-corrected chi connectivity index (χ0v) is 10.5. The summed E-state index contributed by atoms with van der Waals surface area (Å²) in [6.45, 7) is 4.25. The van der Waals surface area contributed by atoms with Crippen molar-refractivity contribution in [3.8, 4) is 0 Å². The molecule has 3 nitrogen and oxygen atoms in total. The van der Waals surface area contributed by atoms with Crippen molar-refractivity contribution in [2.75, 3.05) is 13.2 Å². The molecule has 3 N–H and O–H groups in total. The third-order valence-electron chi connectivity index (χ3n) is 4.11. The summed E-state index contributed by atoms with van der Waals surface area (Å²) >= 11 is 0. The maximum Gasteiger partial charge on any atom is 0.0638 e. The first-order valence-corrected chi connectivity index (χ1v) is 6.86. The van der Waals surface area contributed by atoms with Crippen molar-refractivity contribution < 1.29 is 4.74 Å². The van der Waals surface area contributed by atoms with Crippen LogP contribution < -0.4 is 11.1 Å². The first kappa shape index (κ1) is 12.3. The highest BCUT2D eigenvalue weighted by atomic mass is 16.5. The lowest BCUT2D eigenvalue weighted by Gasteiger charge is -2.32. The van der Waals surface area contributed by atoms with E-state index >= 15 is 0 Å². The van der Waals surface area contributed by atoms with E-state index < -0.39 is 0 Å². The zero-order chi connectivity index (χ0) is 11.4. The fourth-order valence-corrected chi connectivity index (χ4v) is 2.80. The molecule has 1 aliphatic heterocycles. The second-order valence-electron chi connectivity index (χ2n) is 5.58. The van der Waals surface area contributed by atoms with E-state index in [1.807, 2.05) is 0 Å². The lowest BCUT2D eigenvalue weighted by atomic mass is 9.89. The third-order valence-corrected chi connectivity index (χ3v) is 4.11. The fourth-order valence-electron chi connectivity index (χ4n) is 2.80. The molecule has 3 heteroatoms. The van der Waals surface area contributed by atoms with E-state index in [0.717, 1.165) is 25.5 Å². The van der Waals surface area contributed by atoms with Gasteiger partial charge in [-0.3, -0.25) is 0 Å².